The van der Waals surface area contributed by atoms with Gasteiger partial charge in [0.15, 0.2) is 0 Å². The quantitative estimate of drug-likeness (QED) is 0.880. The highest BCUT2D eigenvalue weighted by atomic mass is 16.5. The van der Waals surface area contributed by atoms with Gasteiger partial charge in [-0.25, -0.2) is 0 Å². The Morgan fingerprint density at radius 1 is 1.35 bits per heavy atom. The maximum absolute atomic E-state index is 12.2. The summed E-state index contributed by atoms with van der Waals surface area (Å²) in [5.41, 5.74) is 7.87. The molecule has 20 heavy (non-hydrogen) atoms. The molecule has 0 radical (unpaired) electrons. The van der Waals surface area contributed by atoms with Crippen molar-refractivity contribution in [2.45, 2.75) is 38.1 Å². The van der Waals surface area contributed by atoms with Crippen molar-refractivity contribution in [3.63, 3.8) is 0 Å². The van der Waals surface area contributed by atoms with Gasteiger partial charge in [0, 0.05) is 19.8 Å². The minimum absolute atomic E-state index is 0.0558. The van der Waals surface area contributed by atoms with E-state index in [4.69, 9.17) is 10.5 Å². The third-order valence-electron chi connectivity index (χ3n) is 4.05. The van der Waals surface area contributed by atoms with Gasteiger partial charge in [0.25, 0.3) is 0 Å². The van der Waals surface area contributed by atoms with E-state index in [1.807, 2.05) is 0 Å². The van der Waals surface area contributed by atoms with E-state index in [0.717, 1.165) is 0 Å². The lowest BCUT2D eigenvalue weighted by Gasteiger charge is -2.32. The Bertz CT molecular complexity index is 450. The molecule has 1 fully saturated rings. The zero-order chi connectivity index (χ0) is 14.6. The zero-order valence-electron chi connectivity index (χ0n) is 12.3. The molecule has 1 unspecified atom stereocenters. The van der Waals surface area contributed by atoms with Gasteiger partial charge >= 0.3 is 0 Å². The largest absolute Gasteiger partial charge is 0.381 e. The molecule has 2 rings (SSSR count). The first-order valence-corrected chi connectivity index (χ1v) is 7.23. The van der Waals surface area contributed by atoms with Crippen molar-refractivity contribution in [1.29, 1.82) is 0 Å². The van der Waals surface area contributed by atoms with E-state index in [-0.39, 0.29) is 11.8 Å². The lowest BCUT2D eigenvalue weighted by atomic mass is 9.90. The standard InChI is InChI=1S/C16H24N2O2/c1-12-3-5-14(6-4-12)13(2)11-18-15(19)16(17)7-9-20-10-8-16/h3-6,13H,7-11,17H2,1-2H3,(H,18,19). The number of nitrogens with one attached hydrogen (secondary N) is 1. The van der Waals surface area contributed by atoms with E-state index in [9.17, 15) is 4.79 Å². The van der Waals surface area contributed by atoms with Crippen molar-refractivity contribution < 1.29 is 9.53 Å². The molecule has 1 aromatic rings. The van der Waals surface area contributed by atoms with Crippen LogP contribution < -0.4 is 11.1 Å². The smallest absolute Gasteiger partial charge is 0.240 e. The summed E-state index contributed by atoms with van der Waals surface area (Å²) < 4.78 is 5.26. The van der Waals surface area contributed by atoms with Crippen LogP contribution in [0.15, 0.2) is 24.3 Å². The first-order chi connectivity index (χ1) is 9.51. The van der Waals surface area contributed by atoms with Crippen LogP contribution in [0.3, 0.4) is 0 Å². The number of benzene rings is 1. The fraction of sp³-hybridized carbons (Fsp3) is 0.562. The Morgan fingerprint density at radius 3 is 2.55 bits per heavy atom. The second-order valence-corrected chi connectivity index (χ2v) is 5.79. The third kappa shape index (κ3) is 3.58. The van der Waals surface area contributed by atoms with Crippen LogP contribution in [0.25, 0.3) is 0 Å². The molecule has 1 aliphatic heterocycles. The molecule has 0 bridgehead atoms. The number of rotatable bonds is 4. The van der Waals surface area contributed by atoms with E-state index in [1.54, 1.807) is 0 Å². The lowest BCUT2D eigenvalue weighted by Crippen LogP contribution is -2.57. The lowest BCUT2D eigenvalue weighted by molar-refractivity contribution is -0.129. The fourth-order valence-electron chi connectivity index (χ4n) is 2.40. The molecule has 0 aliphatic carbocycles. The van der Waals surface area contributed by atoms with Crippen molar-refractivity contribution in [3.8, 4) is 0 Å². The van der Waals surface area contributed by atoms with Gasteiger partial charge in [0.2, 0.25) is 5.91 Å². The van der Waals surface area contributed by atoms with Gasteiger partial charge < -0.3 is 15.8 Å². The SMILES string of the molecule is Cc1ccc(C(C)CNC(=O)C2(N)CCOCC2)cc1. The predicted molar refractivity (Wildman–Crippen MR) is 79.6 cm³/mol. The Kier molecular flexibility index (Phi) is 4.78. The van der Waals surface area contributed by atoms with Gasteiger partial charge in [-0.1, -0.05) is 36.8 Å². The Morgan fingerprint density at radius 2 is 1.95 bits per heavy atom. The fourth-order valence-corrected chi connectivity index (χ4v) is 2.40. The van der Waals surface area contributed by atoms with Crippen LogP contribution in [0.5, 0.6) is 0 Å². The predicted octanol–water partition coefficient (Wildman–Crippen LogP) is 1.72. The van der Waals surface area contributed by atoms with Crippen LogP contribution in [-0.2, 0) is 9.53 Å². The summed E-state index contributed by atoms with van der Waals surface area (Å²) in [4.78, 5) is 12.2. The van der Waals surface area contributed by atoms with Crippen LogP contribution in [0, 0.1) is 6.92 Å². The van der Waals surface area contributed by atoms with Gasteiger partial charge in [-0.05, 0) is 31.2 Å². The molecule has 1 aliphatic rings. The molecule has 1 amide bonds. The zero-order valence-corrected chi connectivity index (χ0v) is 12.3. The average Bonchev–Trinajstić information content (AvgIpc) is 2.46. The van der Waals surface area contributed by atoms with Crippen molar-refractivity contribution in [2.75, 3.05) is 19.8 Å². The molecule has 1 aromatic carbocycles. The van der Waals surface area contributed by atoms with Crippen LogP contribution in [0.1, 0.15) is 36.8 Å². The van der Waals surface area contributed by atoms with E-state index in [1.165, 1.54) is 11.1 Å². The molecular formula is C16H24N2O2. The molecule has 110 valence electrons. The minimum Gasteiger partial charge on any atom is -0.381 e. The third-order valence-corrected chi connectivity index (χ3v) is 4.05. The van der Waals surface area contributed by atoms with Crippen molar-refractivity contribution in [3.05, 3.63) is 35.4 Å². The van der Waals surface area contributed by atoms with Crippen molar-refractivity contribution in [2.24, 2.45) is 5.73 Å². The average molecular weight is 276 g/mol. The summed E-state index contributed by atoms with van der Waals surface area (Å²) in [5, 5.41) is 2.99. The first kappa shape index (κ1) is 15.0. The summed E-state index contributed by atoms with van der Waals surface area (Å²) in [7, 11) is 0. The van der Waals surface area contributed by atoms with E-state index in [2.05, 4.69) is 43.4 Å². The Balaban J connectivity index is 1.88. The molecule has 4 heteroatoms. The maximum atomic E-state index is 12.2. The second kappa shape index (κ2) is 6.37. The number of ether oxygens (including phenoxy) is 1. The number of nitrogens with two attached hydrogens (primary N) is 1. The summed E-state index contributed by atoms with van der Waals surface area (Å²) in [5.74, 6) is 0.225. The molecule has 4 nitrogen and oxygen atoms in total. The molecule has 0 aromatic heterocycles. The van der Waals surface area contributed by atoms with Crippen LogP contribution in [-0.4, -0.2) is 31.2 Å². The van der Waals surface area contributed by atoms with Gasteiger partial charge in [-0.3, -0.25) is 4.79 Å². The molecule has 1 heterocycles. The van der Waals surface area contributed by atoms with Crippen molar-refractivity contribution in [1.82, 2.24) is 5.32 Å². The molecule has 1 atom stereocenters. The monoisotopic (exact) mass is 276 g/mol. The molecule has 1 saturated heterocycles. The Labute approximate surface area is 120 Å². The van der Waals surface area contributed by atoms with Gasteiger partial charge in [-0.2, -0.15) is 0 Å². The normalized spacial score (nSPS) is 19.4. The van der Waals surface area contributed by atoms with Gasteiger partial charge in [0.1, 0.15) is 0 Å². The first-order valence-electron chi connectivity index (χ1n) is 7.23. The summed E-state index contributed by atoms with van der Waals surface area (Å²) in [6.45, 7) is 5.92. The highest BCUT2D eigenvalue weighted by Gasteiger charge is 2.35. The maximum Gasteiger partial charge on any atom is 0.240 e. The topological polar surface area (TPSA) is 64.4 Å². The number of hydrogen-bond acceptors (Lipinski definition) is 3. The second-order valence-electron chi connectivity index (χ2n) is 5.79. The number of carbonyl (C=O) groups excluding carboxylic acids is 1. The van der Waals surface area contributed by atoms with Gasteiger partial charge in [0.05, 0.1) is 5.54 Å². The molecular weight excluding hydrogens is 252 g/mol. The van der Waals surface area contributed by atoms with E-state index in [0.29, 0.717) is 32.6 Å². The summed E-state index contributed by atoms with van der Waals surface area (Å²) >= 11 is 0. The number of aryl methyl sites for hydroxylation is 1. The molecule has 0 saturated carbocycles. The number of carbonyl (C=O) groups is 1. The van der Waals surface area contributed by atoms with Crippen LogP contribution in [0.4, 0.5) is 0 Å². The Hall–Kier alpha value is -1.39. The van der Waals surface area contributed by atoms with Crippen molar-refractivity contribution >= 4 is 5.91 Å². The van der Waals surface area contributed by atoms with E-state index < -0.39 is 5.54 Å². The summed E-state index contributed by atoms with van der Waals surface area (Å²) in [6, 6.07) is 8.41. The van der Waals surface area contributed by atoms with Gasteiger partial charge in [-0.15, -0.1) is 0 Å². The molecule has 0 spiro atoms. The van der Waals surface area contributed by atoms with Crippen LogP contribution in [0.2, 0.25) is 0 Å². The summed E-state index contributed by atoms with van der Waals surface area (Å²) in [6.07, 6.45) is 1.19. The minimum atomic E-state index is -0.759. The number of hydrogen-bond donors (Lipinski definition) is 2. The van der Waals surface area contributed by atoms with E-state index >= 15 is 0 Å². The molecule has 3 N–H and O–H groups in total. The number of amides is 1. The van der Waals surface area contributed by atoms with Crippen LogP contribution >= 0.6 is 0 Å². The highest BCUT2D eigenvalue weighted by Crippen LogP contribution is 2.19. The highest BCUT2D eigenvalue weighted by molar-refractivity contribution is 5.86.